The molecule has 0 radical (unpaired) electrons. The van der Waals surface area contributed by atoms with E-state index in [9.17, 15) is 22.8 Å². The number of nitrogens with one attached hydrogen (secondary N) is 1. The number of carbonyl (C=O) groups is 1. The molecule has 0 fully saturated rings. The molecule has 2 aromatic heterocycles. The van der Waals surface area contributed by atoms with Crippen molar-refractivity contribution in [2.24, 2.45) is 7.05 Å². The highest BCUT2D eigenvalue weighted by atomic mass is 19.4. The number of carboxylic acid groups (broad SMARTS) is 1. The lowest BCUT2D eigenvalue weighted by molar-refractivity contribution is -0.141. The maximum Gasteiger partial charge on any atom is 0.433 e. The lowest BCUT2D eigenvalue weighted by Gasteiger charge is -2.20. The fraction of sp³-hybridized carbons (Fsp3) is 0.263. The Kier molecular flexibility index (Phi) is 5.04. The van der Waals surface area contributed by atoms with Crippen LogP contribution in [-0.2, 0) is 13.2 Å². The van der Waals surface area contributed by atoms with Gasteiger partial charge in [-0.2, -0.15) is 13.2 Å². The molecule has 152 valence electrons. The van der Waals surface area contributed by atoms with Crippen molar-refractivity contribution >= 4 is 22.7 Å². The number of anilines is 1. The summed E-state index contributed by atoms with van der Waals surface area (Å²) < 4.78 is 42.1. The molecule has 1 unspecified atom stereocenters. The van der Waals surface area contributed by atoms with E-state index in [2.05, 4.69) is 15.3 Å². The van der Waals surface area contributed by atoms with Gasteiger partial charge in [0.25, 0.3) is 5.56 Å². The number of nitrogens with zero attached hydrogens (tertiary/aromatic N) is 3. The fourth-order valence-corrected chi connectivity index (χ4v) is 2.91. The van der Waals surface area contributed by atoms with Crippen molar-refractivity contribution < 1.29 is 23.1 Å². The van der Waals surface area contributed by atoms with Gasteiger partial charge in [0.1, 0.15) is 5.82 Å². The van der Waals surface area contributed by atoms with Crippen LogP contribution in [0.5, 0.6) is 0 Å². The van der Waals surface area contributed by atoms with Crippen molar-refractivity contribution in [2.75, 3.05) is 5.32 Å². The number of rotatable bonds is 4. The smallest absolute Gasteiger partial charge is 0.433 e. The lowest BCUT2D eigenvalue weighted by atomic mass is 10.0. The molecule has 0 aliphatic heterocycles. The third kappa shape index (κ3) is 3.91. The maximum absolute atomic E-state index is 13.6. The largest absolute Gasteiger partial charge is 0.478 e. The minimum atomic E-state index is -4.75. The van der Waals surface area contributed by atoms with Gasteiger partial charge in [-0.25, -0.2) is 14.8 Å². The predicted molar refractivity (Wildman–Crippen MR) is 100.0 cm³/mol. The second kappa shape index (κ2) is 7.19. The number of alkyl halides is 3. The van der Waals surface area contributed by atoms with E-state index < -0.39 is 29.4 Å². The van der Waals surface area contributed by atoms with E-state index in [-0.39, 0.29) is 28.0 Å². The molecular weight excluding hydrogens is 389 g/mol. The molecule has 3 rings (SSSR count). The molecule has 3 aromatic rings. The van der Waals surface area contributed by atoms with E-state index in [4.69, 9.17) is 5.11 Å². The summed E-state index contributed by atoms with van der Waals surface area (Å²) in [6.07, 6.45) is -4.75. The molecule has 1 aromatic carbocycles. The Balaban J connectivity index is 2.10. The monoisotopic (exact) mass is 406 g/mol. The van der Waals surface area contributed by atoms with E-state index in [1.807, 2.05) is 0 Å². The third-order valence-corrected chi connectivity index (χ3v) is 4.57. The average Bonchev–Trinajstić information content (AvgIpc) is 2.65. The topological polar surface area (TPSA) is 97.1 Å². The molecule has 7 nitrogen and oxygen atoms in total. The van der Waals surface area contributed by atoms with E-state index >= 15 is 0 Å². The molecule has 0 bridgehead atoms. The Hall–Kier alpha value is -3.43. The van der Waals surface area contributed by atoms with Gasteiger partial charge in [0.2, 0.25) is 0 Å². The number of hydrogen-bond donors (Lipinski definition) is 2. The van der Waals surface area contributed by atoms with Crippen LogP contribution in [-0.4, -0.2) is 25.6 Å². The van der Waals surface area contributed by atoms with Crippen LogP contribution in [0.15, 0.2) is 35.1 Å². The first-order valence-corrected chi connectivity index (χ1v) is 8.54. The van der Waals surface area contributed by atoms with Gasteiger partial charge >= 0.3 is 12.1 Å². The van der Waals surface area contributed by atoms with Crippen LogP contribution in [0.3, 0.4) is 0 Å². The van der Waals surface area contributed by atoms with Gasteiger partial charge < -0.3 is 10.4 Å². The summed E-state index contributed by atoms with van der Waals surface area (Å²) in [7, 11) is 1.48. The van der Waals surface area contributed by atoms with Gasteiger partial charge in [0.05, 0.1) is 17.0 Å². The van der Waals surface area contributed by atoms with Crippen LogP contribution in [0.25, 0.3) is 11.0 Å². The summed E-state index contributed by atoms with van der Waals surface area (Å²) in [5.74, 6) is -0.859. The molecule has 0 aliphatic carbocycles. The maximum atomic E-state index is 13.6. The first-order chi connectivity index (χ1) is 13.5. The van der Waals surface area contributed by atoms with Gasteiger partial charge in [-0.3, -0.25) is 9.36 Å². The number of pyridine rings is 1. The zero-order chi connectivity index (χ0) is 21.5. The number of aryl methyl sites for hydroxylation is 1. The van der Waals surface area contributed by atoms with Gasteiger partial charge in [-0.15, -0.1) is 0 Å². The first kappa shape index (κ1) is 20.3. The number of hydrogen-bond acceptors (Lipinski definition) is 5. The minimum Gasteiger partial charge on any atom is -0.478 e. The summed E-state index contributed by atoms with van der Waals surface area (Å²) in [5, 5.41) is 11.8. The highest BCUT2D eigenvalue weighted by Crippen LogP contribution is 2.35. The molecule has 10 heteroatoms. The zero-order valence-corrected chi connectivity index (χ0v) is 15.7. The number of benzene rings is 1. The Morgan fingerprint density at radius 2 is 1.83 bits per heavy atom. The normalized spacial score (nSPS) is 12.8. The third-order valence-electron chi connectivity index (χ3n) is 4.57. The number of aromatic nitrogens is 3. The second-order valence-corrected chi connectivity index (χ2v) is 6.57. The van der Waals surface area contributed by atoms with E-state index in [1.54, 1.807) is 0 Å². The number of fused-ring (bicyclic) bond motifs is 1. The van der Waals surface area contributed by atoms with E-state index in [1.165, 1.54) is 49.7 Å². The first-order valence-electron chi connectivity index (χ1n) is 8.54. The molecule has 0 spiro atoms. The van der Waals surface area contributed by atoms with Crippen molar-refractivity contribution in [1.82, 2.24) is 14.5 Å². The molecule has 0 aliphatic rings. The summed E-state index contributed by atoms with van der Waals surface area (Å²) in [5.41, 5.74) is -1.63. The van der Waals surface area contributed by atoms with Crippen molar-refractivity contribution in [3.8, 4) is 0 Å². The number of carboxylic acids is 1. The Bertz CT molecular complexity index is 1150. The quantitative estimate of drug-likeness (QED) is 0.688. The summed E-state index contributed by atoms with van der Waals surface area (Å²) in [6, 6.07) is 5.86. The van der Waals surface area contributed by atoms with Gasteiger partial charge in [-0.05, 0) is 44.2 Å². The highest BCUT2D eigenvalue weighted by Gasteiger charge is 2.37. The summed E-state index contributed by atoms with van der Waals surface area (Å²) in [6.45, 7) is 3.00. The van der Waals surface area contributed by atoms with Gasteiger partial charge in [-0.1, -0.05) is 0 Å². The second-order valence-electron chi connectivity index (χ2n) is 6.57. The van der Waals surface area contributed by atoms with Crippen molar-refractivity contribution in [1.29, 1.82) is 0 Å². The minimum absolute atomic E-state index is 0.0176. The molecule has 0 amide bonds. The van der Waals surface area contributed by atoms with Crippen molar-refractivity contribution in [3.63, 3.8) is 0 Å². The number of aromatic carboxylic acids is 1. The standard InChI is InChI=1S/C19H17F3N4O3/c1-9(23-12-6-4-11(5-7-12)18(28)29)13-8-14-16(25-15(13)19(20,21)22)24-10(2)26(3)17(14)27/h4-9,23H,1-3H3,(H,28,29). The predicted octanol–water partition coefficient (Wildman–Crippen LogP) is 3.53. The summed E-state index contributed by atoms with van der Waals surface area (Å²) >= 11 is 0. The SMILES string of the molecule is Cc1nc2nc(C(F)(F)F)c(C(C)Nc3ccc(C(=O)O)cc3)cc2c(=O)n1C. The molecule has 0 saturated heterocycles. The highest BCUT2D eigenvalue weighted by molar-refractivity contribution is 5.88. The van der Waals surface area contributed by atoms with E-state index in [0.29, 0.717) is 5.69 Å². The fourth-order valence-electron chi connectivity index (χ4n) is 2.91. The van der Waals surface area contributed by atoms with Crippen LogP contribution in [0.4, 0.5) is 18.9 Å². The van der Waals surface area contributed by atoms with E-state index in [0.717, 1.165) is 6.07 Å². The Morgan fingerprint density at radius 3 is 2.38 bits per heavy atom. The lowest BCUT2D eigenvalue weighted by Crippen LogP contribution is -2.24. The molecular formula is C19H17F3N4O3. The molecule has 1 atom stereocenters. The van der Waals surface area contributed by atoms with Crippen molar-refractivity contribution in [3.05, 3.63) is 63.3 Å². The van der Waals surface area contributed by atoms with Gasteiger partial charge in [0.15, 0.2) is 11.3 Å². The number of halogens is 3. The molecule has 2 heterocycles. The molecule has 2 N–H and O–H groups in total. The van der Waals surface area contributed by atoms with Crippen molar-refractivity contribution in [2.45, 2.75) is 26.1 Å². The van der Waals surface area contributed by atoms with Crippen LogP contribution in [0.1, 0.15) is 40.4 Å². The van der Waals surface area contributed by atoms with Crippen LogP contribution < -0.4 is 10.9 Å². The Labute approximate surface area is 162 Å². The van der Waals surface area contributed by atoms with Crippen LogP contribution >= 0.6 is 0 Å². The van der Waals surface area contributed by atoms with Crippen LogP contribution in [0.2, 0.25) is 0 Å². The molecule has 29 heavy (non-hydrogen) atoms. The summed E-state index contributed by atoms with van der Waals surface area (Å²) in [4.78, 5) is 31.0. The average molecular weight is 406 g/mol. The molecule has 0 saturated carbocycles. The Morgan fingerprint density at radius 1 is 1.21 bits per heavy atom. The van der Waals surface area contributed by atoms with Crippen LogP contribution in [0, 0.1) is 6.92 Å². The zero-order valence-electron chi connectivity index (χ0n) is 15.7. The van der Waals surface area contributed by atoms with Gasteiger partial charge in [0, 0.05) is 18.3 Å².